The third-order valence-electron chi connectivity index (χ3n) is 11.9. The molecule has 0 bridgehead atoms. The van der Waals surface area contributed by atoms with Crippen molar-refractivity contribution in [3.8, 4) is 23.0 Å². The summed E-state index contributed by atoms with van der Waals surface area (Å²) in [6.45, 7) is 5.20. The molecule has 0 fully saturated rings. The van der Waals surface area contributed by atoms with Crippen molar-refractivity contribution in [2.75, 3.05) is 39.7 Å². The van der Waals surface area contributed by atoms with Crippen LogP contribution in [0.4, 0.5) is 26.2 Å². The maximum absolute atomic E-state index is 14.6. The van der Waals surface area contributed by atoms with Crippen molar-refractivity contribution in [2.24, 2.45) is 0 Å². The van der Waals surface area contributed by atoms with Crippen molar-refractivity contribution in [1.29, 1.82) is 0 Å². The summed E-state index contributed by atoms with van der Waals surface area (Å²) in [5, 5.41) is 51.6. The van der Waals surface area contributed by atoms with E-state index in [9.17, 15) is 48.9 Å². The zero-order valence-electron chi connectivity index (χ0n) is 40.0. The Labute approximate surface area is 420 Å². The van der Waals surface area contributed by atoms with Crippen molar-refractivity contribution < 1.29 is 81.4 Å². The van der Waals surface area contributed by atoms with E-state index in [-0.39, 0.29) is 76.5 Å². The van der Waals surface area contributed by atoms with Gasteiger partial charge < -0.3 is 39.4 Å². The van der Waals surface area contributed by atoms with Gasteiger partial charge in [-0.05, 0) is 81.6 Å². The first kappa shape index (κ1) is 54.4. The van der Waals surface area contributed by atoms with Crippen molar-refractivity contribution in [2.45, 2.75) is 64.0 Å². The number of ketones is 1. The second-order valence-electron chi connectivity index (χ2n) is 16.8. The van der Waals surface area contributed by atoms with Gasteiger partial charge in [-0.1, -0.05) is 17.2 Å². The largest absolute Gasteiger partial charge is 0.514 e. The number of benzene rings is 4. The summed E-state index contributed by atoms with van der Waals surface area (Å²) >= 11 is 0.536. The highest BCUT2D eigenvalue weighted by Crippen LogP contribution is 2.44. The Balaban J connectivity index is 1.02. The summed E-state index contributed by atoms with van der Waals surface area (Å²) in [4.78, 5) is 74.0. The average Bonchev–Trinajstić information content (AvgIpc) is 3.57. The van der Waals surface area contributed by atoms with Gasteiger partial charge in [-0.3, -0.25) is 34.6 Å². The summed E-state index contributed by atoms with van der Waals surface area (Å²) in [5.41, 5.74) is 1.40. The predicted molar refractivity (Wildman–Crippen MR) is 259 cm³/mol. The monoisotopic (exact) mass is 1030 g/mol. The first-order valence-corrected chi connectivity index (χ1v) is 23.4. The number of fused-ring (bicyclic) bond motifs is 1. The standard InChI is InChI=1S/C49H50FN5O17S/c1-28(69-48(60)70-33-17-13-31(14-18-33)54(61)62)34-24-40(67-5)41(26-39(34)55(63)64)68-22-20-51-47(59)37(27-73-72-71-65)52-43(56)9-7-6-8-21-53-38-19-12-30(50)23-36(38)49(2,3)42(53)25-35-45(57)44(46(35)58)29-10-15-32(66-4)16-11-29/h10-19,23-26,28,37H,6-9,20-22,27H2,1-5H3,(H3-,51,52,56,57,58,59,65)/p+1. The van der Waals surface area contributed by atoms with Crippen molar-refractivity contribution in [3.63, 3.8) is 0 Å². The quantitative estimate of drug-likeness (QED) is 0.00561. The molecule has 1 heterocycles. The van der Waals surface area contributed by atoms with Crippen LogP contribution in [0.2, 0.25) is 0 Å². The zero-order valence-corrected chi connectivity index (χ0v) is 40.9. The van der Waals surface area contributed by atoms with Crippen LogP contribution in [0, 0.1) is 26.0 Å². The van der Waals surface area contributed by atoms with E-state index in [0.29, 0.717) is 60.4 Å². The second kappa shape index (κ2) is 24.5. The van der Waals surface area contributed by atoms with E-state index in [1.165, 1.54) is 51.5 Å². The molecule has 2 amide bonds. The number of nitro benzene ring substituents is 2. The van der Waals surface area contributed by atoms with Crippen LogP contribution in [0.25, 0.3) is 5.57 Å². The molecular weight excluding hydrogens is 982 g/mol. The van der Waals surface area contributed by atoms with Gasteiger partial charge >= 0.3 is 6.16 Å². The van der Waals surface area contributed by atoms with Crippen molar-refractivity contribution in [3.05, 3.63) is 139 Å². The van der Waals surface area contributed by atoms with Crippen LogP contribution in [0.1, 0.15) is 69.2 Å². The van der Waals surface area contributed by atoms with Gasteiger partial charge in [0.25, 0.3) is 11.4 Å². The Morgan fingerprint density at radius 2 is 1.63 bits per heavy atom. The number of nitro groups is 2. The molecule has 73 heavy (non-hydrogen) atoms. The first-order valence-electron chi connectivity index (χ1n) is 22.5. The molecule has 2 aliphatic rings. The van der Waals surface area contributed by atoms with E-state index in [2.05, 4.69) is 20.0 Å². The number of hydrogen-bond acceptors (Lipinski definition) is 18. The Bertz CT molecular complexity index is 2850. The maximum atomic E-state index is 14.6. The number of hydrogen-bond donors (Lipinski definition) is 4. The normalized spacial score (nSPS) is 14.9. The fourth-order valence-corrected chi connectivity index (χ4v) is 8.58. The van der Waals surface area contributed by atoms with Crippen LogP contribution in [0.3, 0.4) is 0 Å². The number of carbonyl (C=O) groups is 4. The Morgan fingerprint density at radius 3 is 2.27 bits per heavy atom. The number of aliphatic hydroxyl groups excluding tert-OH is 1. The highest BCUT2D eigenvalue weighted by atomic mass is 32.2. The number of amides is 2. The van der Waals surface area contributed by atoms with Gasteiger partial charge in [0.15, 0.2) is 17.2 Å². The Kier molecular flexibility index (Phi) is 18.2. The predicted octanol–water partition coefficient (Wildman–Crippen LogP) is 8.10. The van der Waals surface area contributed by atoms with Gasteiger partial charge in [-0.2, -0.15) is 4.58 Å². The summed E-state index contributed by atoms with van der Waals surface area (Å²) in [7, 11) is 2.79. The maximum Gasteiger partial charge on any atom is 0.514 e. The molecule has 22 nitrogen and oxygen atoms in total. The van der Waals surface area contributed by atoms with Gasteiger partial charge in [0, 0.05) is 54.7 Å². The van der Waals surface area contributed by atoms with Crippen LogP contribution in [-0.4, -0.2) is 100.0 Å². The smallest absolute Gasteiger partial charge is 0.506 e. The lowest BCUT2D eigenvalue weighted by molar-refractivity contribution is -0.438. The van der Waals surface area contributed by atoms with E-state index in [4.69, 9.17) is 28.9 Å². The van der Waals surface area contributed by atoms with Gasteiger partial charge in [-0.25, -0.2) is 14.4 Å². The van der Waals surface area contributed by atoms with Gasteiger partial charge in [0.1, 0.15) is 48.4 Å². The average molecular weight is 1030 g/mol. The van der Waals surface area contributed by atoms with Gasteiger partial charge in [0.05, 0.1) is 64.6 Å². The third-order valence-corrected chi connectivity index (χ3v) is 12.5. The minimum Gasteiger partial charge on any atom is -0.506 e. The van der Waals surface area contributed by atoms with Gasteiger partial charge in [-0.15, -0.1) is 4.33 Å². The van der Waals surface area contributed by atoms with Crippen molar-refractivity contribution >= 4 is 64.1 Å². The minimum atomic E-state index is -1.25. The molecule has 6 rings (SSSR count). The fourth-order valence-electron chi connectivity index (χ4n) is 8.11. The van der Waals surface area contributed by atoms with E-state index in [1.54, 1.807) is 36.4 Å². The van der Waals surface area contributed by atoms with Crippen LogP contribution in [0.15, 0.2) is 96.3 Å². The minimum absolute atomic E-state index is 0.0110. The molecule has 4 aromatic carbocycles. The van der Waals surface area contributed by atoms with E-state index in [0.717, 1.165) is 23.9 Å². The van der Waals surface area contributed by atoms with Crippen LogP contribution in [-0.2, 0) is 33.9 Å². The molecule has 2 atom stereocenters. The molecule has 1 aliphatic heterocycles. The molecule has 0 radical (unpaired) electrons. The SMILES string of the molecule is COc1ccc(C2=C(O)C(=CC3=[N+](CCCCCC(=O)NC(CSOOO)C(=O)NCCOc4cc([N+](=O)[O-])c(C(C)OC(=O)Oc5ccc([N+](=O)[O-])cc5)cc4OC)c4ccc(F)cc4C3(C)C)C2=O)cc1. The summed E-state index contributed by atoms with van der Waals surface area (Å²) in [5.74, 6) is -1.81. The number of Topliss-reactive ketones (excluding diaryl/α,β-unsaturated/α-hetero) is 1. The molecule has 0 saturated carbocycles. The molecule has 0 spiro atoms. The number of ether oxygens (including phenoxy) is 5. The highest BCUT2D eigenvalue weighted by molar-refractivity contribution is 7.94. The number of nitrogens with zero attached hydrogens (tertiary/aromatic N) is 3. The summed E-state index contributed by atoms with van der Waals surface area (Å²) in [6.07, 6.45) is 0.685. The molecule has 4 aromatic rings. The van der Waals surface area contributed by atoms with E-state index >= 15 is 0 Å². The lowest BCUT2D eigenvalue weighted by Gasteiger charge is -2.23. The third kappa shape index (κ3) is 13.1. The van der Waals surface area contributed by atoms with Crippen molar-refractivity contribution in [1.82, 2.24) is 10.6 Å². The van der Waals surface area contributed by atoms with E-state index < -0.39 is 56.9 Å². The van der Waals surface area contributed by atoms with Gasteiger partial charge in [0.2, 0.25) is 23.3 Å². The molecule has 0 saturated heterocycles. The summed E-state index contributed by atoms with van der Waals surface area (Å²) < 4.78 is 47.6. The molecule has 2 unspecified atom stereocenters. The molecule has 386 valence electrons. The molecule has 24 heteroatoms. The fraction of sp³-hybridized carbons (Fsp3) is 0.327. The number of methoxy groups -OCH3 is 2. The second-order valence-corrected chi connectivity index (χ2v) is 17.5. The molecule has 4 N–H and O–H groups in total. The lowest BCUT2D eigenvalue weighted by Crippen LogP contribution is -2.49. The first-order chi connectivity index (χ1) is 34.9. The van der Waals surface area contributed by atoms with E-state index in [1.807, 2.05) is 18.4 Å². The molecule has 1 aliphatic carbocycles. The Morgan fingerprint density at radius 1 is 0.918 bits per heavy atom. The number of non-ortho nitro benzene ring substituents is 1. The number of unbranched alkanes of at least 4 members (excludes halogenated alkanes) is 2. The number of halogens is 1. The highest BCUT2D eigenvalue weighted by Gasteiger charge is 2.47. The molecule has 0 aromatic heterocycles. The zero-order chi connectivity index (χ0) is 53.0. The van der Waals surface area contributed by atoms with Crippen LogP contribution >= 0.6 is 12.0 Å². The number of carbonyl (C=O) groups excluding carboxylic acids is 4. The van der Waals surface area contributed by atoms with Crippen LogP contribution < -0.4 is 29.6 Å². The molecular formula is C49H51FN5O17S+. The number of nitrogens with one attached hydrogen (secondary N) is 2. The summed E-state index contributed by atoms with van der Waals surface area (Å²) in [6, 6.07) is 16.9. The number of allylic oxidation sites excluding steroid dienone is 3. The topological polar surface area (TPSA) is 287 Å². The number of aliphatic hydroxyl groups is 1. The lowest BCUT2D eigenvalue weighted by atomic mass is 9.77. The Hall–Kier alpha value is -7.93. The van der Waals surface area contributed by atoms with Crippen LogP contribution in [0.5, 0.6) is 23.0 Å². The number of rotatable bonds is 25.